The Labute approximate surface area is 145 Å². The van der Waals surface area contributed by atoms with Gasteiger partial charge in [-0.25, -0.2) is 0 Å². The molecule has 2 heterocycles. The lowest BCUT2D eigenvalue weighted by Crippen LogP contribution is -2.59. The number of aliphatic hydroxyl groups is 1. The summed E-state index contributed by atoms with van der Waals surface area (Å²) in [4.78, 5) is 17.0. The van der Waals surface area contributed by atoms with Crippen LogP contribution >= 0.6 is 0 Å². The summed E-state index contributed by atoms with van der Waals surface area (Å²) in [5.74, 6) is 0.671. The van der Waals surface area contributed by atoms with E-state index < -0.39 is 5.60 Å². The molecule has 132 valence electrons. The van der Waals surface area contributed by atoms with Crippen LogP contribution in [0.15, 0.2) is 24.3 Å². The number of aryl methyl sites for hydroxylation is 1. The first-order valence-electron chi connectivity index (χ1n) is 9.26. The Hall–Kier alpha value is -1.39. The number of hydrogen-bond acceptors (Lipinski definition) is 3. The highest BCUT2D eigenvalue weighted by molar-refractivity contribution is 5.86. The summed E-state index contributed by atoms with van der Waals surface area (Å²) in [6, 6.07) is 8.27. The molecule has 4 heteroatoms. The molecule has 0 unspecified atom stereocenters. The topological polar surface area (TPSA) is 43.8 Å². The van der Waals surface area contributed by atoms with E-state index in [-0.39, 0.29) is 5.91 Å². The summed E-state index contributed by atoms with van der Waals surface area (Å²) < 4.78 is 0. The first kappa shape index (κ1) is 17.4. The molecule has 0 saturated carbocycles. The van der Waals surface area contributed by atoms with Gasteiger partial charge in [0, 0.05) is 19.6 Å². The summed E-state index contributed by atoms with van der Waals surface area (Å²) in [5, 5.41) is 11.0. The molecule has 1 aromatic carbocycles. The zero-order valence-electron chi connectivity index (χ0n) is 15.0. The number of hydrogen-bond donors (Lipinski definition) is 1. The van der Waals surface area contributed by atoms with Gasteiger partial charge in [0.05, 0.1) is 0 Å². The van der Waals surface area contributed by atoms with Gasteiger partial charge in [0.1, 0.15) is 0 Å². The molecule has 2 fully saturated rings. The molecule has 0 aliphatic carbocycles. The predicted octanol–water partition coefficient (Wildman–Crippen LogP) is 2.58. The lowest BCUT2D eigenvalue weighted by molar-refractivity contribution is -0.160. The van der Waals surface area contributed by atoms with Gasteiger partial charge in [-0.2, -0.15) is 0 Å². The van der Waals surface area contributed by atoms with Crippen LogP contribution in [0.4, 0.5) is 0 Å². The molecule has 0 bridgehead atoms. The summed E-state index contributed by atoms with van der Waals surface area (Å²) in [6.45, 7) is 8.16. The Morgan fingerprint density at radius 3 is 2.71 bits per heavy atom. The number of nitrogens with zero attached hydrogens (tertiary/aromatic N) is 2. The van der Waals surface area contributed by atoms with Crippen molar-refractivity contribution in [3.63, 3.8) is 0 Å². The first-order chi connectivity index (χ1) is 11.5. The molecule has 24 heavy (non-hydrogen) atoms. The van der Waals surface area contributed by atoms with E-state index in [9.17, 15) is 9.90 Å². The van der Waals surface area contributed by atoms with Gasteiger partial charge in [0.15, 0.2) is 5.60 Å². The number of β-amino-alcohol motifs (C(OH)–C–C–N with tert-alkyl or cyclic N) is 1. The van der Waals surface area contributed by atoms with Crippen molar-refractivity contribution in [3.8, 4) is 0 Å². The molecule has 0 radical (unpaired) electrons. The molecule has 1 amide bonds. The average Bonchev–Trinajstić information content (AvgIpc) is 2.54. The van der Waals surface area contributed by atoms with Crippen LogP contribution in [0.2, 0.25) is 0 Å². The van der Waals surface area contributed by atoms with Gasteiger partial charge in [-0.15, -0.1) is 0 Å². The van der Waals surface area contributed by atoms with E-state index in [1.165, 1.54) is 5.56 Å². The van der Waals surface area contributed by atoms with Gasteiger partial charge < -0.3 is 10.0 Å². The van der Waals surface area contributed by atoms with Crippen molar-refractivity contribution in [2.45, 2.75) is 51.7 Å². The van der Waals surface area contributed by atoms with Crippen LogP contribution in [0.25, 0.3) is 0 Å². The van der Waals surface area contributed by atoms with Crippen LogP contribution < -0.4 is 0 Å². The van der Waals surface area contributed by atoms with Crippen molar-refractivity contribution in [2.75, 3.05) is 26.2 Å². The highest BCUT2D eigenvalue weighted by Gasteiger charge is 2.43. The number of rotatable bonds is 4. The minimum Gasteiger partial charge on any atom is -0.379 e. The lowest BCUT2D eigenvalue weighted by Gasteiger charge is -2.42. The van der Waals surface area contributed by atoms with Gasteiger partial charge in [-0.1, -0.05) is 36.8 Å². The monoisotopic (exact) mass is 330 g/mol. The minimum absolute atomic E-state index is 0.0890. The van der Waals surface area contributed by atoms with Crippen molar-refractivity contribution >= 4 is 5.91 Å². The highest BCUT2D eigenvalue weighted by atomic mass is 16.3. The number of carbonyl (C=O) groups excluding carboxylic acids is 1. The van der Waals surface area contributed by atoms with Gasteiger partial charge in [0.25, 0.3) is 5.91 Å². The van der Waals surface area contributed by atoms with E-state index in [2.05, 4.69) is 36.9 Å². The van der Waals surface area contributed by atoms with Crippen molar-refractivity contribution in [1.29, 1.82) is 0 Å². The minimum atomic E-state index is -1.21. The fourth-order valence-corrected chi connectivity index (χ4v) is 3.98. The molecular formula is C20H30N2O2. The zero-order chi connectivity index (χ0) is 17.2. The third-order valence-corrected chi connectivity index (χ3v) is 5.52. The van der Waals surface area contributed by atoms with Gasteiger partial charge >= 0.3 is 0 Å². The van der Waals surface area contributed by atoms with E-state index in [0.717, 1.165) is 50.4 Å². The maximum absolute atomic E-state index is 12.9. The Kier molecular flexibility index (Phi) is 5.26. The van der Waals surface area contributed by atoms with E-state index in [1.807, 2.05) is 11.0 Å². The van der Waals surface area contributed by atoms with Crippen LogP contribution in [0.3, 0.4) is 0 Å². The van der Waals surface area contributed by atoms with Crippen molar-refractivity contribution in [1.82, 2.24) is 9.80 Å². The Bertz CT molecular complexity index is 581. The van der Waals surface area contributed by atoms with Crippen LogP contribution in [-0.4, -0.2) is 52.6 Å². The Morgan fingerprint density at radius 2 is 2.00 bits per heavy atom. The quantitative estimate of drug-likeness (QED) is 0.923. The number of carbonyl (C=O) groups is 1. The molecule has 4 nitrogen and oxygen atoms in total. The van der Waals surface area contributed by atoms with Gasteiger partial charge in [-0.05, 0) is 57.2 Å². The van der Waals surface area contributed by atoms with Gasteiger partial charge in [-0.3, -0.25) is 9.69 Å². The molecule has 2 saturated heterocycles. The molecule has 0 aromatic heterocycles. The second-order valence-corrected chi connectivity index (χ2v) is 7.81. The maximum atomic E-state index is 12.9. The average molecular weight is 330 g/mol. The second kappa shape index (κ2) is 7.24. The lowest BCUT2D eigenvalue weighted by atomic mass is 9.89. The predicted molar refractivity (Wildman–Crippen MR) is 95.6 cm³/mol. The number of benzene rings is 1. The Balaban J connectivity index is 1.65. The van der Waals surface area contributed by atoms with Gasteiger partial charge in [0.2, 0.25) is 0 Å². The third kappa shape index (κ3) is 3.98. The largest absolute Gasteiger partial charge is 0.379 e. The van der Waals surface area contributed by atoms with E-state index in [4.69, 9.17) is 0 Å². The molecule has 1 aromatic rings. The molecular weight excluding hydrogens is 300 g/mol. The third-order valence-electron chi connectivity index (χ3n) is 5.52. The molecule has 3 rings (SSSR count). The standard InChI is InChI=1S/C20H30N2O2/c1-16-7-11-21(12-8-16)15-20(24)9-4-10-22(19(20)23)14-18-6-3-5-17(2)13-18/h3,5-6,13,16,24H,4,7-12,14-15H2,1-2H3/t20-/m1/s1. The second-order valence-electron chi connectivity index (χ2n) is 7.81. The fraction of sp³-hybridized carbons (Fsp3) is 0.650. The van der Waals surface area contributed by atoms with E-state index in [0.29, 0.717) is 19.5 Å². The first-order valence-corrected chi connectivity index (χ1v) is 9.26. The number of likely N-dealkylation sites (tertiary alicyclic amines) is 2. The molecule has 2 aliphatic rings. The smallest absolute Gasteiger partial charge is 0.256 e. The van der Waals surface area contributed by atoms with Crippen molar-refractivity contribution < 1.29 is 9.90 Å². The maximum Gasteiger partial charge on any atom is 0.256 e. The van der Waals surface area contributed by atoms with Crippen LogP contribution in [-0.2, 0) is 11.3 Å². The van der Waals surface area contributed by atoms with Crippen LogP contribution in [0.5, 0.6) is 0 Å². The van der Waals surface area contributed by atoms with Crippen molar-refractivity contribution in [2.24, 2.45) is 5.92 Å². The highest BCUT2D eigenvalue weighted by Crippen LogP contribution is 2.27. The molecule has 1 atom stereocenters. The SMILES string of the molecule is Cc1cccc(CN2CCC[C@@](O)(CN3CCC(C)CC3)C2=O)c1. The van der Waals surface area contributed by atoms with E-state index in [1.54, 1.807) is 0 Å². The zero-order valence-corrected chi connectivity index (χ0v) is 15.0. The van der Waals surface area contributed by atoms with E-state index >= 15 is 0 Å². The summed E-state index contributed by atoms with van der Waals surface area (Å²) in [7, 11) is 0. The summed E-state index contributed by atoms with van der Waals surface area (Å²) in [6.07, 6.45) is 3.79. The van der Waals surface area contributed by atoms with Crippen LogP contribution in [0, 0.1) is 12.8 Å². The molecule has 2 aliphatic heterocycles. The fourth-order valence-electron chi connectivity index (χ4n) is 3.98. The molecule has 1 N–H and O–H groups in total. The Morgan fingerprint density at radius 1 is 1.25 bits per heavy atom. The summed E-state index contributed by atoms with van der Waals surface area (Å²) >= 11 is 0. The number of amides is 1. The normalized spacial score (nSPS) is 26.8. The summed E-state index contributed by atoms with van der Waals surface area (Å²) in [5.41, 5.74) is 1.14. The molecule has 0 spiro atoms. The number of piperidine rings is 2. The van der Waals surface area contributed by atoms with Crippen molar-refractivity contribution in [3.05, 3.63) is 35.4 Å². The van der Waals surface area contributed by atoms with Crippen LogP contribution in [0.1, 0.15) is 43.7 Å².